The van der Waals surface area contributed by atoms with Crippen LogP contribution in [0.1, 0.15) is 18.9 Å². The van der Waals surface area contributed by atoms with Crippen molar-refractivity contribution >= 4 is 46.7 Å². The molecule has 0 saturated carbocycles. The van der Waals surface area contributed by atoms with Crippen LogP contribution in [0.3, 0.4) is 0 Å². The van der Waals surface area contributed by atoms with E-state index in [0.29, 0.717) is 16.5 Å². The smallest absolute Gasteiger partial charge is 0.315 e. The van der Waals surface area contributed by atoms with Crippen molar-refractivity contribution in [2.75, 3.05) is 4.90 Å². The molecule has 4 rings (SSSR count). The number of hydrogen-bond donors (Lipinski definition) is 0. The van der Waals surface area contributed by atoms with Gasteiger partial charge in [0.25, 0.3) is 0 Å². The molecule has 0 bridgehead atoms. The van der Waals surface area contributed by atoms with Gasteiger partial charge in [0.15, 0.2) is 5.75 Å². The van der Waals surface area contributed by atoms with Gasteiger partial charge in [0.1, 0.15) is 0 Å². The number of imide groups is 1. The van der Waals surface area contributed by atoms with Crippen LogP contribution in [0.15, 0.2) is 54.6 Å². The molecule has 2 amide bonds. The first kappa shape index (κ1) is 20.6. The van der Waals surface area contributed by atoms with Crippen molar-refractivity contribution in [1.82, 2.24) is 0 Å². The van der Waals surface area contributed by atoms with Gasteiger partial charge >= 0.3 is 5.97 Å². The fourth-order valence-electron chi connectivity index (χ4n) is 4.06. The van der Waals surface area contributed by atoms with Crippen LogP contribution in [-0.2, 0) is 20.8 Å². The van der Waals surface area contributed by atoms with Gasteiger partial charge in [0.05, 0.1) is 23.9 Å². The minimum Gasteiger partial charge on any atom is -0.424 e. The fraction of sp³-hybridized carbons (Fsp3) is 0.261. The van der Waals surface area contributed by atoms with E-state index in [1.807, 2.05) is 19.1 Å². The van der Waals surface area contributed by atoms with E-state index in [9.17, 15) is 14.4 Å². The minimum atomic E-state index is -0.521. The summed E-state index contributed by atoms with van der Waals surface area (Å²) in [5.41, 5.74) is 0.933. The maximum Gasteiger partial charge on any atom is 0.315 e. The highest BCUT2D eigenvalue weighted by atomic mass is 35.5. The highest BCUT2D eigenvalue weighted by molar-refractivity contribution is 6.32. The minimum absolute atomic E-state index is 0.0212. The van der Waals surface area contributed by atoms with Crippen molar-refractivity contribution < 1.29 is 19.1 Å². The standard InChI is InChI=1S/C23H19Cl2NO4/c1-13-3-2-4-17-21(13)23(29)26(22(17)28)18-12-16(25)9-10-19(18)30-20(27)11-14-5-7-15(24)8-6-14/h2-3,5-10,12-13,17,21H,4,11H2,1H3. The molecule has 1 heterocycles. The van der Waals surface area contributed by atoms with Crippen LogP contribution in [-0.4, -0.2) is 17.8 Å². The largest absolute Gasteiger partial charge is 0.424 e. The number of halogens is 2. The highest BCUT2D eigenvalue weighted by Crippen LogP contribution is 2.43. The summed E-state index contributed by atoms with van der Waals surface area (Å²) < 4.78 is 5.53. The van der Waals surface area contributed by atoms with Crippen LogP contribution in [0.5, 0.6) is 5.75 Å². The number of nitrogens with zero attached hydrogens (tertiary/aromatic N) is 1. The Labute approximate surface area is 184 Å². The Bertz CT molecular complexity index is 1050. The Hall–Kier alpha value is -2.63. The third-order valence-corrected chi connectivity index (χ3v) is 6.01. The zero-order valence-corrected chi connectivity index (χ0v) is 17.7. The van der Waals surface area contributed by atoms with Crippen molar-refractivity contribution in [2.24, 2.45) is 17.8 Å². The lowest BCUT2D eigenvalue weighted by Crippen LogP contribution is -2.32. The molecule has 154 valence electrons. The van der Waals surface area contributed by atoms with Gasteiger partial charge < -0.3 is 4.74 Å². The summed E-state index contributed by atoms with van der Waals surface area (Å²) in [6, 6.07) is 11.4. The van der Waals surface area contributed by atoms with E-state index in [1.165, 1.54) is 12.1 Å². The Morgan fingerprint density at radius 2 is 1.77 bits per heavy atom. The third-order valence-electron chi connectivity index (χ3n) is 5.52. The SMILES string of the molecule is CC1C=CCC2C(=O)N(c3cc(Cl)ccc3OC(=O)Cc3ccc(Cl)cc3)C(=O)C12. The van der Waals surface area contributed by atoms with E-state index in [1.54, 1.807) is 30.3 Å². The molecule has 2 aromatic rings. The molecular formula is C23H19Cl2NO4. The first-order valence-electron chi connectivity index (χ1n) is 9.64. The van der Waals surface area contributed by atoms with Crippen molar-refractivity contribution in [3.05, 3.63) is 70.2 Å². The number of fused-ring (bicyclic) bond motifs is 1. The Kier molecular flexibility index (Phi) is 5.67. The summed E-state index contributed by atoms with van der Waals surface area (Å²) in [7, 11) is 0. The van der Waals surface area contributed by atoms with E-state index < -0.39 is 17.8 Å². The predicted molar refractivity (Wildman–Crippen MR) is 115 cm³/mol. The van der Waals surface area contributed by atoms with Crippen LogP contribution in [0.25, 0.3) is 0 Å². The molecule has 1 saturated heterocycles. The second-order valence-electron chi connectivity index (χ2n) is 7.56. The average molecular weight is 444 g/mol. The number of carbonyl (C=O) groups is 3. The number of esters is 1. The topological polar surface area (TPSA) is 63.7 Å². The number of benzene rings is 2. The zero-order valence-electron chi connectivity index (χ0n) is 16.2. The van der Waals surface area contributed by atoms with Gasteiger partial charge in [-0.15, -0.1) is 0 Å². The van der Waals surface area contributed by atoms with Crippen LogP contribution in [0.2, 0.25) is 10.0 Å². The second kappa shape index (κ2) is 8.25. The number of hydrogen-bond acceptors (Lipinski definition) is 4. The molecule has 5 nitrogen and oxygen atoms in total. The molecule has 7 heteroatoms. The molecule has 2 aromatic carbocycles. The van der Waals surface area contributed by atoms with Gasteiger partial charge in [-0.2, -0.15) is 0 Å². The van der Waals surface area contributed by atoms with Crippen molar-refractivity contribution in [3.63, 3.8) is 0 Å². The summed E-state index contributed by atoms with van der Waals surface area (Å²) in [6.45, 7) is 1.92. The molecule has 1 fully saturated rings. The maximum absolute atomic E-state index is 13.1. The van der Waals surface area contributed by atoms with Gasteiger partial charge in [0, 0.05) is 10.0 Å². The Morgan fingerprint density at radius 1 is 1.07 bits per heavy atom. The molecule has 1 aliphatic heterocycles. The number of allylic oxidation sites excluding steroid dienone is 2. The van der Waals surface area contributed by atoms with Gasteiger partial charge in [-0.25, -0.2) is 4.90 Å². The van der Waals surface area contributed by atoms with E-state index in [4.69, 9.17) is 27.9 Å². The molecule has 0 N–H and O–H groups in total. The van der Waals surface area contributed by atoms with E-state index in [2.05, 4.69) is 0 Å². The summed E-state index contributed by atoms with van der Waals surface area (Å²) in [4.78, 5) is 39.8. The van der Waals surface area contributed by atoms with E-state index in [-0.39, 0.29) is 35.6 Å². The average Bonchev–Trinajstić information content (AvgIpc) is 2.96. The number of ether oxygens (including phenoxy) is 1. The molecule has 0 spiro atoms. The van der Waals surface area contributed by atoms with Crippen molar-refractivity contribution in [1.29, 1.82) is 0 Å². The highest BCUT2D eigenvalue weighted by Gasteiger charge is 2.51. The van der Waals surface area contributed by atoms with Gasteiger partial charge in [-0.1, -0.05) is 54.4 Å². The van der Waals surface area contributed by atoms with Gasteiger partial charge in [-0.05, 0) is 48.2 Å². The normalized spacial score (nSPS) is 22.9. The number of amides is 2. The number of rotatable bonds is 4. The fourth-order valence-corrected chi connectivity index (χ4v) is 4.36. The molecule has 30 heavy (non-hydrogen) atoms. The predicted octanol–water partition coefficient (Wildman–Crippen LogP) is 4.84. The maximum atomic E-state index is 13.1. The zero-order chi connectivity index (χ0) is 21.4. The number of anilines is 1. The lowest BCUT2D eigenvalue weighted by Gasteiger charge is -2.22. The van der Waals surface area contributed by atoms with Crippen LogP contribution in [0, 0.1) is 17.8 Å². The van der Waals surface area contributed by atoms with Crippen LogP contribution in [0.4, 0.5) is 5.69 Å². The summed E-state index contributed by atoms with van der Waals surface area (Å²) >= 11 is 12.0. The van der Waals surface area contributed by atoms with E-state index in [0.717, 1.165) is 10.5 Å². The van der Waals surface area contributed by atoms with E-state index >= 15 is 0 Å². The Balaban J connectivity index is 1.61. The lowest BCUT2D eigenvalue weighted by molar-refractivity contribution is -0.134. The summed E-state index contributed by atoms with van der Waals surface area (Å²) in [5.74, 6) is -1.85. The Morgan fingerprint density at radius 3 is 2.47 bits per heavy atom. The molecule has 1 aliphatic carbocycles. The molecule has 3 atom stereocenters. The molecule has 3 unspecified atom stereocenters. The van der Waals surface area contributed by atoms with Crippen LogP contribution >= 0.6 is 23.2 Å². The third kappa shape index (κ3) is 3.87. The lowest BCUT2D eigenvalue weighted by atomic mass is 9.78. The molecule has 0 aromatic heterocycles. The first-order chi connectivity index (χ1) is 14.3. The molecule has 0 radical (unpaired) electrons. The summed E-state index contributed by atoms with van der Waals surface area (Å²) in [5, 5.41) is 0.910. The van der Waals surface area contributed by atoms with Gasteiger partial charge in [-0.3, -0.25) is 14.4 Å². The number of carbonyl (C=O) groups excluding carboxylic acids is 3. The molecular weight excluding hydrogens is 425 g/mol. The second-order valence-corrected chi connectivity index (χ2v) is 8.43. The molecule has 2 aliphatic rings. The van der Waals surface area contributed by atoms with Crippen LogP contribution < -0.4 is 9.64 Å². The first-order valence-corrected chi connectivity index (χ1v) is 10.4. The van der Waals surface area contributed by atoms with Crippen molar-refractivity contribution in [3.8, 4) is 5.75 Å². The van der Waals surface area contributed by atoms with Crippen molar-refractivity contribution in [2.45, 2.75) is 19.8 Å². The quantitative estimate of drug-likeness (QED) is 0.293. The summed E-state index contributed by atoms with van der Waals surface area (Å²) in [6.07, 6.45) is 4.43. The monoisotopic (exact) mass is 443 g/mol. The van der Waals surface area contributed by atoms with Gasteiger partial charge in [0.2, 0.25) is 11.8 Å².